The van der Waals surface area contributed by atoms with Crippen LogP contribution in [0.25, 0.3) is 10.9 Å². The molecule has 0 bridgehead atoms. The lowest BCUT2D eigenvalue weighted by Crippen LogP contribution is -2.13. The number of anilines is 1. The molecule has 0 aliphatic rings. The molecule has 3 aromatic rings. The number of pyridine rings is 1. The van der Waals surface area contributed by atoms with Gasteiger partial charge in [0.05, 0.1) is 11.1 Å². The zero-order valence-electron chi connectivity index (χ0n) is 12.5. The molecule has 3 rings (SSSR count). The van der Waals surface area contributed by atoms with Crippen LogP contribution in [0, 0.1) is 0 Å². The molecule has 0 aliphatic heterocycles. The topological polar surface area (TPSA) is 62.0 Å². The first-order chi connectivity index (χ1) is 11.1. The number of aryl methyl sites for hydroxylation is 1. The normalized spacial score (nSPS) is 10.7. The highest BCUT2D eigenvalue weighted by Crippen LogP contribution is 2.22. The number of fused-ring (bicyclic) bond motifs is 1. The maximum Gasteiger partial charge on any atom is 0.256 e. The van der Waals surface area contributed by atoms with Crippen LogP contribution >= 0.6 is 15.9 Å². The Morgan fingerprint density at radius 3 is 2.70 bits per heavy atom. The number of carbonyl (C=O) groups is 1. The van der Waals surface area contributed by atoms with Gasteiger partial charge in [0.1, 0.15) is 0 Å². The van der Waals surface area contributed by atoms with E-state index in [9.17, 15) is 9.59 Å². The van der Waals surface area contributed by atoms with Crippen LogP contribution in [-0.4, -0.2) is 10.9 Å². The largest absolute Gasteiger partial charge is 0.322 e. The Hall–Kier alpha value is -2.40. The zero-order chi connectivity index (χ0) is 16.4. The number of aromatic amines is 1. The third-order valence-electron chi connectivity index (χ3n) is 3.69. The first kappa shape index (κ1) is 15.5. The highest BCUT2D eigenvalue weighted by Gasteiger charge is 2.10. The van der Waals surface area contributed by atoms with Crippen LogP contribution in [0.5, 0.6) is 0 Å². The number of aromatic nitrogens is 1. The highest BCUT2D eigenvalue weighted by molar-refractivity contribution is 9.10. The molecule has 0 aliphatic carbocycles. The van der Waals surface area contributed by atoms with E-state index in [-0.39, 0.29) is 11.5 Å². The molecule has 1 aromatic heterocycles. The number of hydrogen-bond donors (Lipinski definition) is 2. The van der Waals surface area contributed by atoms with Gasteiger partial charge in [-0.05, 0) is 52.2 Å². The monoisotopic (exact) mass is 370 g/mol. The summed E-state index contributed by atoms with van der Waals surface area (Å²) in [6.45, 7) is 2.01. The van der Waals surface area contributed by atoms with Gasteiger partial charge in [-0.15, -0.1) is 0 Å². The van der Waals surface area contributed by atoms with Crippen molar-refractivity contribution in [2.75, 3.05) is 5.32 Å². The molecule has 0 spiro atoms. The van der Waals surface area contributed by atoms with Crippen LogP contribution in [0.4, 0.5) is 5.69 Å². The van der Waals surface area contributed by atoms with Gasteiger partial charge in [-0.3, -0.25) is 9.59 Å². The van der Waals surface area contributed by atoms with Crippen LogP contribution in [0.15, 0.2) is 57.8 Å². The molecule has 0 radical (unpaired) electrons. The quantitative estimate of drug-likeness (QED) is 0.728. The van der Waals surface area contributed by atoms with E-state index in [2.05, 4.69) is 26.2 Å². The van der Waals surface area contributed by atoms with Crippen molar-refractivity contribution in [2.45, 2.75) is 13.3 Å². The van der Waals surface area contributed by atoms with Gasteiger partial charge in [-0.1, -0.05) is 25.1 Å². The highest BCUT2D eigenvalue weighted by atomic mass is 79.9. The van der Waals surface area contributed by atoms with Gasteiger partial charge in [0, 0.05) is 21.6 Å². The second kappa shape index (κ2) is 6.38. The van der Waals surface area contributed by atoms with Gasteiger partial charge in [0.2, 0.25) is 5.56 Å². The molecular formula is C18H15BrN2O2. The predicted octanol–water partition coefficient (Wildman–Crippen LogP) is 4.11. The molecule has 5 heteroatoms. The van der Waals surface area contributed by atoms with Crippen molar-refractivity contribution >= 4 is 38.4 Å². The molecule has 1 amide bonds. The molecule has 4 nitrogen and oxygen atoms in total. The lowest BCUT2D eigenvalue weighted by atomic mass is 10.1. The van der Waals surface area contributed by atoms with Crippen molar-refractivity contribution in [1.82, 2.24) is 4.98 Å². The van der Waals surface area contributed by atoms with Crippen LogP contribution in [0.2, 0.25) is 0 Å². The van der Waals surface area contributed by atoms with E-state index in [1.165, 1.54) is 0 Å². The Morgan fingerprint density at radius 1 is 1.17 bits per heavy atom. The first-order valence-electron chi connectivity index (χ1n) is 7.30. The van der Waals surface area contributed by atoms with Crippen LogP contribution < -0.4 is 10.9 Å². The molecule has 23 heavy (non-hydrogen) atoms. The number of halogens is 1. The van der Waals surface area contributed by atoms with E-state index in [1.807, 2.05) is 37.3 Å². The van der Waals surface area contributed by atoms with E-state index < -0.39 is 0 Å². The summed E-state index contributed by atoms with van der Waals surface area (Å²) < 4.78 is 0.736. The van der Waals surface area contributed by atoms with Gasteiger partial charge in [-0.25, -0.2) is 0 Å². The summed E-state index contributed by atoms with van der Waals surface area (Å²) in [7, 11) is 0. The van der Waals surface area contributed by atoms with Gasteiger partial charge in [0.15, 0.2) is 0 Å². The first-order valence-corrected chi connectivity index (χ1v) is 8.09. The average molecular weight is 371 g/mol. The maximum absolute atomic E-state index is 12.3. The summed E-state index contributed by atoms with van der Waals surface area (Å²) in [5, 5.41) is 3.85. The smallest absolute Gasteiger partial charge is 0.256 e. The van der Waals surface area contributed by atoms with Crippen LogP contribution in [0.1, 0.15) is 22.8 Å². The van der Waals surface area contributed by atoms with Crippen molar-refractivity contribution in [1.29, 1.82) is 0 Å². The molecule has 1 heterocycles. The van der Waals surface area contributed by atoms with Crippen molar-refractivity contribution < 1.29 is 4.79 Å². The third-order valence-corrected chi connectivity index (χ3v) is 4.38. The second-order valence-electron chi connectivity index (χ2n) is 5.21. The summed E-state index contributed by atoms with van der Waals surface area (Å²) in [4.78, 5) is 26.9. The molecule has 0 unspecified atom stereocenters. The molecule has 0 fully saturated rings. The van der Waals surface area contributed by atoms with E-state index in [0.29, 0.717) is 11.3 Å². The van der Waals surface area contributed by atoms with Gasteiger partial charge in [0.25, 0.3) is 5.91 Å². The van der Waals surface area contributed by atoms with Crippen molar-refractivity contribution in [2.24, 2.45) is 0 Å². The zero-order valence-corrected chi connectivity index (χ0v) is 14.1. The van der Waals surface area contributed by atoms with Gasteiger partial charge < -0.3 is 10.3 Å². The van der Waals surface area contributed by atoms with Crippen LogP contribution in [-0.2, 0) is 6.42 Å². The number of rotatable bonds is 3. The molecule has 0 saturated carbocycles. The molecule has 0 saturated heterocycles. The number of benzene rings is 2. The maximum atomic E-state index is 12.3. The van der Waals surface area contributed by atoms with E-state index >= 15 is 0 Å². The standard InChI is InChI=1S/C18H15BrN2O2/c1-2-11-9-17(22)21-16-10-12(7-8-13(11)16)20-18(23)14-5-3-4-6-15(14)19/h3-10H,2H2,1H3,(H,20,23)(H,21,22). The fourth-order valence-corrected chi connectivity index (χ4v) is 3.01. The molecule has 2 aromatic carbocycles. The average Bonchev–Trinajstić information content (AvgIpc) is 2.54. The van der Waals surface area contributed by atoms with E-state index in [1.54, 1.807) is 18.2 Å². The summed E-state index contributed by atoms with van der Waals surface area (Å²) in [6, 6.07) is 14.4. The third kappa shape index (κ3) is 3.19. The molecule has 0 atom stereocenters. The Kier molecular flexibility index (Phi) is 4.30. The molecular weight excluding hydrogens is 356 g/mol. The fourth-order valence-electron chi connectivity index (χ4n) is 2.55. The predicted molar refractivity (Wildman–Crippen MR) is 96.0 cm³/mol. The molecule has 116 valence electrons. The minimum atomic E-state index is -0.203. The second-order valence-corrected chi connectivity index (χ2v) is 6.06. The lowest BCUT2D eigenvalue weighted by Gasteiger charge is -2.09. The number of hydrogen-bond acceptors (Lipinski definition) is 2. The van der Waals surface area contributed by atoms with Gasteiger partial charge in [-0.2, -0.15) is 0 Å². The minimum Gasteiger partial charge on any atom is -0.322 e. The van der Waals surface area contributed by atoms with Gasteiger partial charge >= 0.3 is 0 Å². The summed E-state index contributed by atoms with van der Waals surface area (Å²) in [5.41, 5.74) is 2.78. The number of nitrogens with one attached hydrogen (secondary N) is 2. The lowest BCUT2D eigenvalue weighted by molar-refractivity contribution is 0.102. The Bertz CT molecular complexity index is 947. The fraction of sp³-hybridized carbons (Fsp3) is 0.111. The summed E-state index contributed by atoms with van der Waals surface area (Å²) in [5.74, 6) is -0.203. The Morgan fingerprint density at radius 2 is 1.96 bits per heavy atom. The number of amides is 1. The Labute approximate surface area is 141 Å². The van der Waals surface area contributed by atoms with Crippen molar-refractivity contribution in [3.05, 3.63) is 74.5 Å². The van der Waals surface area contributed by atoms with Crippen LogP contribution in [0.3, 0.4) is 0 Å². The Balaban J connectivity index is 1.97. The minimum absolute atomic E-state index is 0.136. The number of carbonyl (C=O) groups excluding carboxylic acids is 1. The summed E-state index contributed by atoms with van der Waals surface area (Å²) in [6.07, 6.45) is 0.781. The van der Waals surface area contributed by atoms with E-state index in [4.69, 9.17) is 0 Å². The summed E-state index contributed by atoms with van der Waals surface area (Å²) >= 11 is 3.37. The SMILES string of the molecule is CCc1cc(=O)[nH]c2cc(NC(=O)c3ccccc3Br)ccc12. The number of H-pyrrole nitrogens is 1. The van der Waals surface area contributed by atoms with Crippen molar-refractivity contribution in [3.63, 3.8) is 0 Å². The van der Waals surface area contributed by atoms with E-state index in [0.717, 1.165) is 27.4 Å². The molecule has 2 N–H and O–H groups in total. The van der Waals surface area contributed by atoms with Crippen molar-refractivity contribution in [3.8, 4) is 0 Å².